The van der Waals surface area contributed by atoms with Crippen molar-refractivity contribution < 1.29 is 14.6 Å². The van der Waals surface area contributed by atoms with E-state index in [1.54, 1.807) is 25.3 Å². The van der Waals surface area contributed by atoms with Crippen molar-refractivity contribution in [2.24, 2.45) is 5.92 Å². The maximum absolute atomic E-state index is 12.2. The SMILES string of the molecule is COc1cccc2c(=O)c(C(=O)O)cn(CC3CC3)c12. The zero-order chi connectivity index (χ0) is 14.3. The van der Waals surface area contributed by atoms with E-state index in [0.717, 1.165) is 19.4 Å². The van der Waals surface area contributed by atoms with Gasteiger partial charge < -0.3 is 14.4 Å². The first-order valence-electron chi connectivity index (χ1n) is 6.55. The summed E-state index contributed by atoms with van der Waals surface area (Å²) in [6.07, 6.45) is 3.73. The van der Waals surface area contributed by atoms with Crippen LogP contribution in [0.4, 0.5) is 0 Å². The van der Waals surface area contributed by atoms with E-state index in [2.05, 4.69) is 0 Å². The van der Waals surface area contributed by atoms with Gasteiger partial charge in [0.15, 0.2) is 0 Å². The molecular formula is C15H15NO4. The van der Waals surface area contributed by atoms with Crippen LogP contribution in [0, 0.1) is 5.92 Å². The van der Waals surface area contributed by atoms with Gasteiger partial charge in [0, 0.05) is 12.7 Å². The number of para-hydroxylation sites is 1. The molecule has 1 aromatic carbocycles. The Bertz CT molecular complexity index is 743. The minimum atomic E-state index is -1.19. The van der Waals surface area contributed by atoms with E-state index in [0.29, 0.717) is 22.6 Å². The molecule has 0 radical (unpaired) electrons. The van der Waals surface area contributed by atoms with E-state index < -0.39 is 11.4 Å². The predicted octanol–water partition coefficient (Wildman–Crippen LogP) is 2.12. The number of aromatic carboxylic acids is 1. The molecule has 0 saturated heterocycles. The third-order valence-corrected chi connectivity index (χ3v) is 3.66. The first-order chi connectivity index (χ1) is 9.61. The summed E-state index contributed by atoms with van der Waals surface area (Å²) in [6, 6.07) is 5.14. The Morgan fingerprint density at radius 1 is 1.45 bits per heavy atom. The Morgan fingerprint density at radius 2 is 2.20 bits per heavy atom. The zero-order valence-corrected chi connectivity index (χ0v) is 11.1. The van der Waals surface area contributed by atoms with Crippen molar-refractivity contribution in [1.29, 1.82) is 0 Å². The summed E-state index contributed by atoms with van der Waals surface area (Å²) in [6.45, 7) is 0.720. The average molecular weight is 273 g/mol. The van der Waals surface area contributed by atoms with Crippen LogP contribution in [0.1, 0.15) is 23.2 Å². The van der Waals surface area contributed by atoms with Crippen LogP contribution < -0.4 is 10.2 Å². The number of hydrogen-bond acceptors (Lipinski definition) is 3. The highest BCUT2D eigenvalue weighted by Crippen LogP contribution is 2.33. The lowest BCUT2D eigenvalue weighted by Gasteiger charge is -2.14. The molecule has 1 aliphatic carbocycles. The number of rotatable bonds is 4. The van der Waals surface area contributed by atoms with E-state index in [1.807, 2.05) is 4.57 Å². The molecule has 1 aromatic heterocycles. The third-order valence-electron chi connectivity index (χ3n) is 3.66. The minimum Gasteiger partial charge on any atom is -0.495 e. The summed E-state index contributed by atoms with van der Waals surface area (Å²) in [7, 11) is 1.55. The largest absolute Gasteiger partial charge is 0.495 e. The Labute approximate surface area is 115 Å². The minimum absolute atomic E-state index is 0.189. The van der Waals surface area contributed by atoms with Crippen LogP contribution in [-0.2, 0) is 6.54 Å². The molecule has 104 valence electrons. The number of carbonyl (C=O) groups is 1. The number of carboxylic acid groups (broad SMARTS) is 1. The van der Waals surface area contributed by atoms with Crippen molar-refractivity contribution in [3.63, 3.8) is 0 Å². The van der Waals surface area contributed by atoms with Gasteiger partial charge in [0.25, 0.3) is 0 Å². The van der Waals surface area contributed by atoms with Crippen LogP contribution in [0.5, 0.6) is 5.75 Å². The van der Waals surface area contributed by atoms with Crippen LogP contribution in [-0.4, -0.2) is 22.8 Å². The highest BCUT2D eigenvalue weighted by Gasteiger charge is 2.24. The lowest BCUT2D eigenvalue weighted by Crippen LogP contribution is -2.19. The molecule has 0 spiro atoms. The number of methoxy groups -OCH3 is 1. The number of ether oxygens (including phenoxy) is 1. The molecule has 1 N–H and O–H groups in total. The highest BCUT2D eigenvalue weighted by molar-refractivity contribution is 5.94. The number of pyridine rings is 1. The molecule has 0 amide bonds. The van der Waals surface area contributed by atoms with Crippen LogP contribution in [0.25, 0.3) is 10.9 Å². The lowest BCUT2D eigenvalue weighted by atomic mass is 10.1. The second kappa shape index (κ2) is 4.67. The molecule has 20 heavy (non-hydrogen) atoms. The van der Waals surface area contributed by atoms with Crippen molar-refractivity contribution in [3.05, 3.63) is 40.2 Å². The van der Waals surface area contributed by atoms with Gasteiger partial charge in [-0.25, -0.2) is 4.79 Å². The Balaban J connectivity index is 2.34. The molecular weight excluding hydrogens is 258 g/mol. The fourth-order valence-corrected chi connectivity index (χ4v) is 2.47. The van der Waals surface area contributed by atoms with E-state index in [4.69, 9.17) is 4.74 Å². The molecule has 1 aliphatic rings. The molecule has 1 heterocycles. The van der Waals surface area contributed by atoms with Gasteiger partial charge in [-0.2, -0.15) is 0 Å². The van der Waals surface area contributed by atoms with Gasteiger partial charge in [0.2, 0.25) is 5.43 Å². The van der Waals surface area contributed by atoms with Gasteiger partial charge in [-0.1, -0.05) is 6.07 Å². The fourth-order valence-electron chi connectivity index (χ4n) is 2.47. The van der Waals surface area contributed by atoms with Crippen LogP contribution in [0.2, 0.25) is 0 Å². The Kier molecular flexibility index (Phi) is 2.97. The molecule has 5 nitrogen and oxygen atoms in total. The first kappa shape index (κ1) is 12.7. The van der Waals surface area contributed by atoms with Crippen molar-refractivity contribution in [2.45, 2.75) is 19.4 Å². The van der Waals surface area contributed by atoms with E-state index >= 15 is 0 Å². The van der Waals surface area contributed by atoms with Crippen molar-refractivity contribution >= 4 is 16.9 Å². The highest BCUT2D eigenvalue weighted by atomic mass is 16.5. The third kappa shape index (κ3) is 2.05. The average Bonchev–Trinajstić information content (AvgIpc) is 3.24. The monoisotopic (exact) mass is 273 g/mol. The van der Waals surface area contributed by atoms with Crippen molar-refractivity contribution in [2.75, 3.05) is 7.11 Å². The maximum Gasteiger partial charge on any atom is 0.341 e. The molecule has 3 rings (SSSR count). The summed E-state index contributed by atoms with van der Waals surface area (Å²) in [4.78, 5) is 23.5. The summed E-state index contributed by atoms with van der Waals surface area (Å²) < 4.78 is 7.16. The quantitative estimate of drug-likeness (QED) is 0.926. The molecule has 2 aromatic rings. The summed E-state index contributed by atoms with van der Waals surface area (Å²) in [5, 5.41) is 9.57. The van der Waals surface area contributed by atoms with Gasteiger partial charge >= 0.3 is 5.97 Å². The number of aromatic nitrogens is 1. The number of fused-ring (bicyclic) bond motifs is 1. The maximum atomic E-state index is 12.2. The molecule has 5 heteroatoms. The van der Waals surface area contributed by atoms with Gasteiger partial charge in [0.1, 0.15) is 11.3 Å². The van der Waals surface area contributed by atoms with E-state index in [9.17, 15) is 14.7 Å². The van der Waals surface area contributed by atoms with Gasteiger partial charge in [-0.05, 0) is 30.9 Å². The molecule has 0 aliphatic heterocycles. The Hall–Kier alpha value is -2.30. The van der Waals surface area contributed by atoms with E-state index in [1.165, 1.54) is 6.20 Å². The summed E-state index contributed by atoms with van der Waals surface area (Å²) in [5.41, 5.74) is 0.0294. The molecule has 1 fully saturated rings. The van der Waals surface area contributed by atoms with Crippen molar-refractivity contribution in [3.8, 4) is 5.75 Å². The molecule has 0 atom stereocenters. The standard InChI is InChI=1S/C15H15NO4/c1-20-12-4-2-3-10-13(12)16(7-9-5-6-9)8-11(14(10)17)15(18)19/h2-4,8-9H,5-7H2,1H3,(H,18,19). The smallest absolute Gasteiger partial charge is 0.341 e. The number of hydrogen-bond donors (Lipinski definition) is 1. The summed E-state index contributed by atoms with van der Waals surface area (Å²) in [5.74, 6) is -0.0336. The van der Waals surface area contributed by atoms with Crippen molar-refractivity contribution in [1.82, 2.24) is 4.57 Å². The number of benzene rings is 1. The van der Waals surface area contributed by atoms with E-state index in [-0.39, 0.29) is 5.56 Å². The van der Waals surface area contributed by atoms with Gasteiger partial charge in [-0.3, -0.25) is 4.79 Å². The van der Waals surface area contributed by atoms with Crippen LogP contribution in [0.15, 0.2) is 29.2 Å². The predicted molar refractivity (Wildman–Crippen MR) is 74.4 cm³/mol. The van der Waals surface area contributed by atoms with Crippen LogP contribution >= 0.6 is 0 Å². The lowest BCUT2D eigenvalue weighted by molar-refractivity contribution is 0.0694. The van der Waals surface area contributed by atoms with Gasteiger partial charge in [0.05, 0.1) is 18.0 Å². The number of nitrogens with zero attached hydrogens (tertiary/aromatic N) is 1. The zero-order valence-electron chi connectivity index (χ0n) is 11.1. The van der Waals surface area contributed by atoms with Gasteiger partial charge in [-0.15, -0.1) is 0 Å². The van der Waals surface area contributed by atoms with Crippen LogP contribution in [0.3, 0.4) is 0 Å². The molecule has 1 saturated carbocycles. The Morgan fingerprint density at radius 3 is 2.80 bits per heavy atom. The fraction of sp³-hybridized carbons (Fsp3) is 0.333. The topological polar surface area (TPSA) is 68.5 Å². The number of carboxylic acids is 1. The molecule has 0 bridgehead atoms. The first-order valence-corrected chi connectivity index (χ1v) is 6.55. The summed E-state index contributed by atoms with van der Waals surface area (Å²) >= 11 is 0. The normalized spacial score (nSPS) is 14.4. The molecule has 0 unspecified atom stereocenters. The second-order valence-electron chi connectivity index (χ2n) is 5.13. The second-order valence-corrected chi connectivity index (χ2v) is 5.13.